The first kappa shape index (κ1) is 15.8. The van der Waals surface area contributed by atoms with E-state index >= 15 is 0 Å². The zero-order valence-electron chi connectivity index (χ0n) is 10.8. The fraction of sp³-hybridized carbons (Fsp3) is 0.364. The maximum absolute atomic E-state index is 12.1. The quantitative estimate of drug-likeness (QED) is 0.336. The van der Waals surface area contributed by atoms with Gasteiger partial charge in [0.15, 0.2) is 5.84 Å². The van der Waals surface area contributed by atoms with Crippen LogP contribution in [0.3, 0.4) is 0 Å². The minimum atomic E-state index is -3.59. The molecule has 8 heteroatoms. The molecule has 0 unspecified atom stereocenters. The summed E-state index contributed by atoms with van der Waals surface area (Å²) in [5.74, 6) is -0.167. The Kier molecular flexibility index (Phi) is 4.46. The van der Waals surface area contributed by atoms with Crippen LogP contribution in [0.25, 0.3) is 0 Å². The van der Waals surface area contributed by atoms with Gasteiger partial charge in [-0.05, 0) is 39.0 Å². The van der Waals surface area contributed by atoms with Crippen molar-refractivity contribution in [3.63, 3.8) is 0 Å². The molecule has 106 valence electrons. The van der Waals surface area contributed by atoms with E-state index in [1.54, 1.807) is 39.0 Å². The fourth-order valence-electron chi connectivity index (χ4n) is 1.18. The molecule has 19 heavy (non-hydrogen) atoms. The van der Waals surface area contributed by atoms with E-state index in [0.717, 1.165) is 0 Å². The van der Waals surface area contributed by atoms with Gasteiger partial charge in [0.2, 0.25) is 10.0 Å². The summed E-state index contributed by atoms with van der Waals surface area (Å²) in [6.45, 7) is 4.74. The van der Waals surface area contributed by atoms with Crippen LogP contribution in [0.4, 0.5) is 5.69 Å². The van der Waals surface area contributed by atoms with Gasteiger partial charge in [-0.3, -0.25) is 4.72 Å². The van der Waals surface area contributed by atoms with Crippen LogP contribution < -0.4 is 10.5 Å². The van der Waals surface area contributed by atoms with Gasteiger partial charge in [-0.1, -0.05) is 21.1 Å². The maximum atomic E-state index is 12.1. The number of nitrogens with two attached hydrogens (primary N) is 1. The van der Waals surface area contributed by atoms with Crippen molar-refractivity contribution < 1.29 is 13.6 Å². The Hall–Kier alpha value is -1.28. The second kappa shape index (κ2) is 5.38. The van der Waals surface area contributed by atoms with Crippen molar-refractivity contribution in [3.8, 4) is 0 Å². The zero-order chi connectivity index (χ0) is 14.8. The first-order valence-electron chi connectivity index (χ1n) is 5.38. The maximum Gasteiger partial charge on any atom is 0.237 e. The highest BCUT2D eigenvalue weighted by molar-refractivity contribution is 9.10. The normalized spacial score (nSPS) is 13.4. The molecule has 0 amide bonds. The molecule has 0 aliphatic carbocycles. The van der Waals surface area contributed by atoms with Crippen molar-refractivity contribution in [1.29, 1.82) is 0 Å². The molecule has 0 heterocycles. The van der Waals surface area contributed by atoms with Crippen molar-refractivity contribution in [2.45, 2.75) is 25.5 Å². The van der Waals surface area contributed by atoms with Gasteiger partial charge >= 0.3 is 0 Å². The van der Waals surface area contributed by atoms with E-state index in [-0.39, 0.29) is 11.5 Å². The molecule has 0 fully saturated rings. The van der Waals surface area contributed by atoms with Gasteiger partial charge in [0.1, 0.15) is 0 Å². The molecule has 1 aromatic rings. The number of hydrogen-bond acceptors (Lipinski definition) is 4. The summed E-state index contributed by atoms with van der Waals surface area (Å²) in [5, 5.41) is 11.6. The van der Waals surface area contributed by atoms with Crippen LogP contribution in [0, 0.1) is 0 Å². The summed E-state index contributed by atoms with van der Waals surface area (Å²) in [6.07, 6.45) is 0. The first-order chi connectivity index (χ1) is 8.58. The molecule has 0 aliphatic rings. The van der Waals surface area contributed by atoms with Crippen LogP contribution in [0.5, 0.6) is 0 Å². The lowest BCUT2D eigenvalue weighted by Crippen LogP contribution is -2.34. The number of halogens is 1. The Labute approximate surface area is 120 Å². The molecule has 0 bridgehead atoms. The standard InChI is InChI=1S/C11H16BrN3O3S/c1-11(2,3)19(17,18)15-9-6-7(12)4-5-8(9)10(13)14-16/h4-6,15-16H,1-3H3,(H2,13,14). The highest BCUT2D eigenvalue weighted by Gasteiger charge is 2.29. The Bertz CT molecular complexity index is 606. The molecule has 0 spiro atoms. The average molecular weight is 350 g/mol. The minimum Gasteiger partial charge on any atom is -0.409 e. The second-order valence-corrected chi connectivity index (χ2v) is 8.24. The topological polar surface area (TPSA) is 105 Å². The monoisotopic (exact) mass is 349 g/mol. The van der Waals surface area contributed by atoms with Crippen molar-refractivity contribution in [1.82, 2.24) is 0 Å². The zero-order valence-corrected chi connectivity index (χ0v) is 13.2. The van der Waals surface area contributed by atoms with Crippen molar-refractivity contribution in [3.05, 3.63) is 28.2 Å². The highest BCUT2D eigenvalue weighted by Crippen LogP contribution is 2.25. The summed E-state index contributed by atoms with van der Waals surface area (Å²) < 4.78 is 26.4. The number of nitrogens with zero attached hydrogens (tertiary/aromatic N) is 1. The second-order valence-electron chi connectivity index (χ2n) is 4.89. The number of sulfonamides is 1. The van der Waals surface area contributed by atoms with Crippen molar-refractivity contribution in [2.75, 3.05) is 4.72 Å². The molecule has 0 aromatic heterocycles. The van der Waals surface area contributed by atoms with Gasteiger partial charge < -0.3 is 10.9 Å². The molecule has 6 nitrogen and oxygen atoms in total. The van der Waals surface area contributed by atoms with Crippen LogP contribution in [0.1, 0.15) is 26.3 Å². The Morgan fingerprint density at radius 3 is 2.47 bits per heavy atom. The van der Waals surface area contributed by atoms with Gasteiger partial charge in [0.05, 0.1) is 10.4 Å². The smallest absolute Gasteiger partial charge is 0.237 e. The van der Waals surface area contributed by atoms with Crippen LogP contribution in [-0.4, -0.2) is 24.2 Å². The van der Waals surface area contributed by atoms with Gasteiger partial charge in [0, 0.05) is 10.0 Å². The highest BCUT2D eigenvalue weighted by atomic mass is 79.9. The van der Waals surface area contributed by atoms with Crippen LogP contribution in [0.2, 0.25) is 0 Å². The third-order valence-electron chi connectivity index (χ3n) is 2.42. The molecule has 1 rings (SSSR count). The van der Waals surface area contributed by atoms with E-state index in [4.69, 9.17) is 10.9 Å². The van der Waals surface area contributed by atoms with E-state index in [2.05, 4.69) is 25.8 Å². The molecule has 0 saturated carbocycles. The summed E-state index contributed by atoms with van der Waals surface area (Å²) >= 11 is 3.25. The van der Waals surface area contributed by atoms with Crippen molar-refractivity contribution in [2.24, 2.45) is 10.9 Å². The SMILES string of the molecule is CC(C)(C)S(=O)(=O)Nc1cc(Br)ccc1/C(N)=N/O. The van der Waals surface area contributed by atoms with Crippen LogP contribution in [0.15, 0.2) is 27.8 Å². The summed E-state index contributed by atoms with van der Waals surface area (Å²) in [5.41, 5.74) is 6.08. The van der Waals surface area contributed by atoms with E-state index in [0.29, 0.717) is 10.0 Å². The van der Waals surface area contributed by atoms with Crippen LogP contribution >= 0.6 is 15.9 Å². The largest absolute Gasteiger partial charge is 0.409 e. The lowest BCUT2D eigenvalue weighted by Gasteiger charge is -2.21. The van der Waals surface area contributed by atoms with E-state index in [9.17, 15) is 8.42 Å². The third kappa shape index (κ3) is 3.60. The molecular weight excluding hydrogens is 334 g/mol. The lowest BCUT2D eigenvalue weighted by atomic mass is 10.2. The third-order valence-corrected chi connectivity index (χ3v) is 5.01. The Morgan fingerprint density at radius 1 is 1.42 bits per heavy atom. The molecule has 0 aliphatic heterocycles. The van der Waals surface area contributed by atoms with Gasteiger partial charge in [0.25, 0.3) is 0 Å². The summed E-state index contributed by atoms with van der Waals surface area (Å²) in [6, 6.07) is 4.78. The number of nitrogens with one attached hydrogen (secondary N) is 1. The Morgan fingerprint density at radius 2 is 2.00 bits per heavy atom. The van der Waals surface area contributed by atoms with Gasteiger partial charge in [-0.25, -0.2) is 8.42 Å². The minimum absolute atomic E-state index is 0.167. The number of amidine groups is 1. The molecular formula is C11H16BrN3O3S. The number of oxime groups is 1. The van der Waals surface area contributed by atoms with E-state index in [1.165, 1.54) is 0 Å². The van der Waals surface area contributed by atoms with Gasteiger partial charge in [-0.15, -0.1) is 0 Å². The molecule has 0 radical (unpaired) electrons. The number of hydrogen-bond donors (Lipinski definition) is 3. The van der Waals surface area contributed by atoms with Crippen molar-refractivity contribution >= 4 is 37.5 Å². The molecule has 0 saturated heterocycles. The predicted molar refractivity (Wildman–Crippen MR) is 78.9 cm³/mol. The predicted octanol–water partition coefficient (Wildman–Crippen LogP) is 2.08. The molecule has 1 aromatic carbocycles. The lowest BCUT2D eigenvalue weighted by molar-refractivity contribution is 0.318. The van der Waals surface area contributed by atoms with Crippen LogP contribution in [-0.2, 0) is 10.0 Å². The summed E-state index contributed by atoms with van der Waals surface area (Å²) in [7, 11) is -3.59. The molecule has 4 N–H and O–H groups in total. The average Bonchev–Trinajstić information content (AvgIpc) is 2.26. The number of rotatable bonds is 3. The van der Waals surface area contributed by atoms with E-state index < -0.39 is 14.8 Å². The first-order valence-corrected chi connectivity index (χ1v) is 7.66. The van der Waals surface area contributed by atoms with E-state index in [1.807, 2.05) is 0 Å². The summed E-state index contributed by atoms with van der Waals surface area (Å²) in [4.78, 5) is 0. The number of benzene rings is 1. The van der Waals surface area contributed by atoms with Gasteiger partial charge in [-0.2, -0.15) is 0 Å². The fourth-order valence-corrected chi connectivity index (χ4v) is 2.30. The molecule has 0 atom stereocenters. The Balaban J connectivity index is 3.32. The number of anilines is 1.